The average molecular weight is 250 g/mol. The van der Waals surface area contributed by atoms with E-state index in [-0.39, 0.29) is 5.69 Å². The molecule has 0 unspecified atom stereocenters. The van der Waals surface area contributed by atoms with Crippen LogP contribution in [-0.4, -0.2) is 21.5 Å². The standard InChI is InChI=1S/C12H14N2O4/c1-12(2,3)18-11(15)5-4-9-6-7-13-8-10(9)14(16)17/h4-8H,1-3H3/b5-4+. The molecule has 0 fully saturated rings. The normalized spacial score (nSPS) is 11.5. The van der Waals surface area contributed by atoms with Crippen LogP contribution < -0.4 is 0 Å². The van der Waals surface area contributed by atoms with Gasteiger partial charge in [0, 0.05) is 12.3 Å². The third-order valence-corrected chi connectivity index (χ3v) is 1.84. The Morgan fingerprint density at radius 1 is 1.50 bits per heavy atom. The number of carbonyl (C=O) groups is 1. The minimum absolute atomic E-state index is 0.155. The van der Waals surface area contributed by atoms with E-state index in [9.17, 15) is 14.9 Å². The number of nitrogens with zero attached hydrogens (tertiary/aromatic N) is 2. The number of hydrogen-bond acceptors (Lipinski definition) is 5. The predicted octanol–water partition coefficient (Wildman–Crippen LogP) is 2.34. The summed E-state index contributed by atoms with van der Waals surface area (Å²) >= 11 is 0. The highest BCUT2D eigenvalue weighted by atomic mass is 16.6. The summed E-state index contributed by atoms with van der Waals surface area (Å²) in [6.45, 7) is 5.23. The molecule has 1 rings (SSSR count). The summed E-state index contributed by atoms with van der Waals surface area (Å²) in [4.78, 5) is 25.2. The first-order valence-corrected chi connectivity index (χ1v) is 5.29. The third-order valence-electron chi connectivity index (χ3n) is 1.84. The SMILES string of the molecule is CC(C)(C)OC(=O)/C=C/c1ccncc1[N+](=O)[O-]. The highest BCUT2D eigenvalue weighted by Gasteiger charge is 2.15. The molecule has 0 radical (unpaired) electrons. The van der Waals surface area contributed by atoms with Crippen LogP contribution >= 0.6 is 0 Å². The van der Waals surface area contributed by atoms with Gasteiger partial charge in [-0.15, -0.1) is 0 Å². The summed E-state index contributed by atoms with van der Waals surface area (Å²) in [5, 5.41) is 10.7. The Morgan fingerprint density at radius 3 is 2.72 bits per heavy atom. The Morgan fingerprint density at radius 2 is 2.17 bits per heavy atom. The largest absolute Gasteiger partial charge is 0.457 e. The monoisotopic (exact) mass is 250 g/mol. The Balaban J connectivity index is 2.85. The first-order valence-electron chi connectivity index (χ1n) is 5.29. The van der Waals surface area contributed by atoms with Crippen molar-refractivity contribution in [1.29, 1.82) is 0 Å². The number of aromatic nitrogens is 1. The van der Waals surface area contributed by atoms with E-state index >= 15 is 0 Å². The fraction of sp³-hybridized carbons (Fsp3) is 0.333. The minimum atomic E-state index is -0.592. The van der Waals surface area contributed by atoms with E-state index in [1.807, 2.05) is 0 Å². The number of pyridine rings is 1. The molecule has 0 spiro atoms. The highest BCUT2D eigenvalue weighted by Crippen LogP contribution is 2.17. The molecule has 6 heteroatoms. The molecule has 6 nitrogen and oxygen atoms in total. The van der Waals surface area contributed by atoms with Crippen LogP contribution in [0.4, 0.5) is 5.69 Å². The molecule has 0 aliphatic heterocycles. The molecule has 1 aromatic heterocycles. The van der Waals surface area contributed by atoms with Crippen LogP contribution in [0.2, 0.25) is 0 Å². The van der Waals surface area contributed by atoms with Gasteiger partial charge in [0.1, 0.15) is 11.8 Å². The maximum Gasteiger partial charge on any atom is 0.331 e. The van der Waals surface area contributed by atoms with Gasteiger partial charge < -0.3 is 4.74 Å². The van der Waals surface area contributed by atoms with Crippen molar-refractivity contribution in [3.63, 3.8) is 0 Å². The maximum absolute atomic E-state index is 11.4. The van der Waals surface area contributed by atoms with Gasteiger partial charge in [-0.3, -0.25) is 15.1 Å². The lowest BCUT2D eigenvalue weighted by atomic mass is 10.2. The molecular weight excluding hydrogens is 236 g/mol. The summed E-state index contributed by atoms with van der Waals surface area (Å²) in [5.74, 6) is -0.548. The van der Waals surface area contributed by atoms with E-state index in [0.717, 1.165) is 12.3 Å². The second-order valence-electron chi connectivity index (χ2n) is 4.56. The lowest BCUT2D eigenvalue weighted by molar-refractivity contribution is -0.385. The van der Waals surface area contributed by atoms with Crippen molar-refractivity contribution in [2.75, 3.05) is 0 Å². The second kappa shape index (κ2) is 5.39. The van der Waals surface area contributed by atoms with Crippen LogP contribution in [0.5, 0.6) is 0 Å². The van der Waals surface area contributed by atoms with Crippen LogP contribution in [0.1, 0.15) is 26.3 Å². The molecule has 1 aromatic rings. The van der Waals surface area contributed by atoms with Gasteiger partial charge in [-0.1, -0.05) is 0 Å². The van der Waals surface area contributed by atoms with Gasteiger partial charge in [0.25, 0.3) is 5.69 Å². The molecule has 0 saturated carbocycles. The molecule has 0 saturated heterocycles. The van der Waals surface area contributed by atoms with E-state index in [4.69, 9.17) is 4.74 Å². The van der Waals surface area contributed by atoms with E-state index in [1.165, 1.54) is 18.3 Å². The Bertz CT molecular complexity index is 489. The van der Waals surface area contributed by atoms with Gasteiger partial charge in [0.05, 0.1) is 10.5 Å². The molecule has 0 bridgehead atoms. The molecular formula is C12H14N2O4. The van der Waals surface area contributed by atoms with Gasteiger partial charge >= 0.3 is 5.97 Å². The average Bonchev–Trinajstić information content (AvgIpc) is 2.24. The molecule has 0 amide bonds. The van der Waals surface area contributed by atoms with Crippen molar-refractivity contribution >= 4 is 17.7 Å². The summed E-state index contributed by atoms with van der Waals surface area (Å²) in [5.41, 5.74) is -0.441. The van der Waals surface area contributed by atoms with Crippen LogP contribution in [0.3, 0.4) is 0 Å². The lowest BCUT2D eigenvalue weighted by Crippen LogP contribution is -2.22. The van der Waals surface area contributed by atoms with Crippen molar-refractivity contribution in [3.05, 3.63) is 40.2 Å². The second-order valence-corrected chi connectivity index (χ2v) is 4.56. The van der Waals surface area contributed by atoms with Crippen LogP contribution in [0.25, 0.3) is 6.08 Å². The fourth-order valence-electron chi connectivity index (χ4n) is 1.18. The highest BCUT2D eigenvalue weighted by molar-refractivity contribution is 5.88. The van der Waals surface area contributed by atoms with E-state index in [1.54, 1.807) is 20.8 Å². The van der Waals surface area contributed by atoms with Crippen molar-refractivity contribution in [3.8, 4) is 0 Å². The summed E-state index contributed by atoms with van der Waals surface area (Å²) in [7, 11) is 0. The molecule has 96 valence electrons. The Kier molecular flexibility index (Phi) is 4.14. The lowest BCUT2D eigenvalue weighted by Gasteiger charge is -2.17. The van der Waals surface area contributed by atoms with Crippen molar-refractivity contribution < 1.29 is 14.5 Å². The molecule has 18 heavy (non-hydrogen) atoms. The van der Waals surface area contributed by atoms with Gasteiger partial charge in [-0.25, -0.2) is 4.79 Å². The number of hydrogen-bond donors (Lipinski definition) is 0. The maximum atomic E-state index is 11.4. The number of carbonyl (C=O) groups excluding carboxylic acids is 1. The van der Waals surface area contributed by atoms with E-state index in [2.05, 4.69) is 4.98 Å². The smallest absolute Gasteiger partial charge is 0.331 e. The van der Waals surface area contributed by atoms with Crippen molar-refractivity contribution in [2.45, 2.75) is 26.4 Å². The molecule has 0 N–H and O–H groups in total. The first-order chi connectivity index (χ1) is 8.29. The first kappa shape index (κ1) is 13.8. The Hall–Kier alpha value is -2.24. The molecule has 0 aliphatic carbocycles. The summed E-state index contributed by atoms with van der Waals surface area (Å²) in [6.07, 6.45) is 5.05. The number of esters is 1. The zero-order chi connectivity index (χ0) is 13.8. The zero-order valence-electron chi connectivity index (χ0n) is 10.4. The Labute approximate surface area is 104 Å². The topological polar surface area (TPSA) is 82.3 Å². The van der Waals surface area contributed by atoms with Gasteiger partial charge in [0.15, 0.2) is 0 Å². The van der Waals surface area contributed by atoms with E-state index < -0.39 is 16.5 Å². The predicted molar refractivity (Wildman–Crippen MR) is 65.8 cm³/mol. The summed E-state index contributed by atoms with van der Waals surface area (Å²) < 4.78 is 5.05. The molecule has 0 aromatic carbocycles. The van der Waals surface area contributed by atoms with Crippen molar-refractivity contribution in [2.24, 2.45) is 0 Å². The van der Waals surface area contributed by atoms with E-state index in [0.29, 0.717) is 5.56 Å². The minimum Gasteiger partial charge on any atom is -0.457 e. The number of ether oxygens (including phenoxy) is 1. The third kappa shape index (κ3) is 4.32. The zero-order valence-corrected chi connectivity index (χ0v) is 10.4. The van der Waals surface area contributed by atoms with Gasteiger partial charge in [-0.05, 0) is 32.9 Å². The van der Waals surface area contributed by atoms with Gasteiger partial charge in [-0.2, -0.15) is 0 Å². The van der Waals surface area contributed by atoms with Crippen LogP contribution in [0, 0.1) is 10.1 Å². The fourth-order valence-corrected chi connectivity index (χ4v) is 1.18. The quantitative estimate of drug-likeness (QED) is 0.356. The number of nitro groups is 1. The summed E-state index contributed by atoms with van der Waals surface area (Å²) in [6, 6.07) is 1.46. The van der Waals surface area contributed by atoms with Crippen LogP contribution in [-0.2, 0) is 9.53 Å². The van der Waals surface area contributed by atoms with Crippen LogP contribution in [0.15, 0.2) is 24.5 Å². The molecule has 1 heterocycles. The molecule has 0 atom stereocenters. The molecule has 0 aliphatic rings. The van der Waals surface area contributed by atoms with Gasteiger partial charge in [0.2, 0.25) is 0 Å². The van der Waals surface area contributed by atoms with Crippen molar-refractivity contribution in [1.82, 2.24) is 4.98 Å². The number of rotatable bonds is 3.